The van der Waals surface area contributed by atoms with Crippen molar-refractivity contribution in [3.63, 3.8) is 0 Å². The van der Waals surface area contributed by atoms with Gasteiger partial charge in [-0.25, -0.2) is 0 Å². The molecule has 0 fully saturated rings. The van der Waals surface area contributed by atoms with Crippen LogP contribution >= 0.6 is 11.6 Å². The molecule has 4 nitrogen and oxygen atoms in total. The average Bonchev–Trinajstić information content (AvgIpc) is 2.67. The fraction of sp³-hybridized carbons (Fsp3) is 0.182. The van der Waals surface area contributed by atoms with E-state index in [-0.39, 0.29) is 12.3 Å². The first kappa shape index (κ1) is 18.9. The number of carbonyl (C=O) groups excluding carboxylic acids is 2. The Hall–Kier alpha value is -2.85. The van der Waals surface area contributed by atoms with E-state index in [9.17, 15) is 9.59 Å². The van der Waals surface area contributed by atoms with Gasteiger partial charge in [-0.15, -0.1) is 0 Å². The quantitative estimate of drug-likeness (QED) is 0.648. The highest BCUT2D eigenvalue weighted by Crippen LogP contribution is 2.19. The number of carbonyl (C=O) groups is 2. The number of fused-ring (bicyclic) bond motifs is 1. The molecule has 0 aliphatic heterocycles. The average molecular weight is 382 g/mol. The molecule has 5 heteroatoms. The van der Waals surface area contributed by atoms with E-state index in [0.29, 0.717) is 11.6 Å². The molecule has 1 unspecified atom stereocenters. The lowest BCUT2D eigenvalue weighted by Gasteiger charge is -2.14. The van der Waals surface area contributed by atoms with Crippen molar-refractivity contribution in [1.82, 2.24) is 5.32 Å². The molecule has 1 amide bonds. The van der Waals surface area contributed by atoms with E-state index in [2.05, 4.69) is 5.32 Å². The van der Waals surface area contributed by atoms with Crippen LogP contribution in [0.15, 0.2) is 66.7 Å². The van der Waals surface area contributed by atoms with Crippen molar-refractivity contribution in [1.29, 1.82) is 0 Å². The molecule has 0 aliphatic carbocycles. The zero-order valence-corrected chi connectivity index (χ0v) is 15.7. The van der Waals surface area contributed by atoms with Gasteiger partial charge in [0.25, 0.3) is 5.91 Å². The van der Waals surface area contributed by atoms with Crippen LogP contribution in [0.2, 0.25) is 5.02 Å². The second-order valence-corrected chi connectivity index (χ2v) is 6.73. The molecule has 0 aromatic heterocycles. The van der Waals surface area contributed by atoms with Gasteiger partial charge in [-0.1, -0.05) is 66.2 Å². The summed E-state index contributed by atoms with van der Waals surface area (Å²) >= 11 is 5.84. The maximum absolute atomic E-state index is 12.3. The Morgan fingerprint density at radius 2 is 1.70 bits per heavy atom. The molecular weight excluding hydrogens is 362 g/mol. The van der Waals surface area contributed by atoms with Gasteiger partial charge in [-0.3, -0.25) is 9.59 Å². The second kappa shape index (κ2) is 8.69. The number of halogens is 1. The van der Waals surface area contributed by atoms with Crippen LogP contribution in [0, 0.1) is 0 Å². The van der Waals surface area contributed by atoms with Gasteiger partial charge in [-0.2, -0.15) is 0 Å². The van der Waals surface area contributed by atoms with Gasteiger partial charge < -0.3 is 10.1 Å². The lowest BCUT2D eigenvalue weighted by atomic mass is 10.0. The van der Waals surface area contributed by atoms with Crippen molar-refractivity contribution in [2.45, 2.75) is 26.0 Å². The van der Waals surface area contributed by atoms with Crippen LogP contribution in [-0.4, -0.2) is 18.0 Å². The van der Waals surface area contributed by atoms with Crippen LogP contribution < -0.4 is 5.32 Å². The first-order valence-electron chi connectivity index (χ1n) is 8.71. The number of hydrogen-bond acceptors (Lipinski definition) is 3. The lowest BCUT2D eigenvalue weighted by molar-refractivity contribution is -0.154. The molecule has 27 heavy (non-hydrogen) atoms. The molecule has 3 aromatic carbocycles. The monoisotopic (exact) mass is 381 g/mol. The lowest BCUT2D eigenvalue weighted by Crippen LogP contribution is -2.35. The molecule has 3 aromatic rings. The molecule has 0 radical (unpaired) electrons. The maximum Gasteiger partial charge on any atom is 0.311 e. The van der Waals surface area contributed by atoms with Crippen molar-refractivity contribution >= 4 is 34.2 Å². The van der Waals surface area contributed by atoms with Crippen LogP contribution in [0.3, 0.4) is 0 Å². The molecule has 0 saturated heterocycles. The van der Waals surface area contributed by atoms with Crippen LogP contribution in [-0.2, 0) is 27.3 Å². The van der Waals surface area contributed by atoms with E-state index >= 15 is 0 Å². The van der Waals surface area contributed by atoms with Crippen molar-refractivity contribution in [3.05, 3.63) is 82.9 Å². The summed E-state index contributed by atoms with van der Waals surface area (Å²) in [5, 5.41) is 5.47. The van der Waals surface area contributed by atoms with Gasteiger partial charge in [0, 0.05) is 11.6 Å². The van der Waals surface area contributed by atoms with E-state index in [0.717, 1.165) is 21.9 Å². The van der Waals surface area contributed by atoms with Crippen LogP contribution in [0.4, 0.5) is 0 Å². The molecule has 1 atom stereocenters. The fourth-order valence-corrected chi connectivity index (χ4v) is 2.96. The van der Waals surface area contributed by atoms with E-state index in [1.807, 2.05) is 54.6 Å². The zero-order chi connectivity index (χ0) is 19.2. The fourth-order valence-electron chi connectivity index (χ4n) is 2.83. The Morgan fingerprint density at radius 1 is 1.00 bits per heavy atom. The highest BCUT2D eigenvalue weighted by atomic mass is 35.5. The third kappa shape index (κ3) is 5.08. The van der Waals surface area contributed by atoms with Gasteiger partial charge in [0.05, 0.1) is 6.42 Å². The molecule has 0 spiro atoms. The molecule has 0 heterocycles. The molecule has 0 aliphatic rings. The predicted molar refractivity (Wildman–Crippen MR) is 107 cm³/mol. The van der Waals surface area contributed by atoms with Crippen molar-refractivity contribution < 1.29 is 14.3 Å². The van der Waals surface area contributed by atoms with Crippen molar-refractivity contribution in [3.8, 4) is 0 Å². The molecule has 138 valence electrons. The molecular formula is C22H20ClNO3. The van der Waals surface area contributed by atoms with E-state index in [1.165, 1.54) is 0 Å². The zero-order valence-electron chi connectivity index (χ0n) is 14.9. The first-order chi connectivity index (χ1) is 13.0. The van der Waals surface area contributed by atoms with Gasteiger partial charge in [0.15, 0.2) is 6.10 Å². The summed E-state index contributed by atoms with van der Waals surface area (Å²) in [4.78, 5) is 24.4. The number of benzene rings is 3. The molecule has 0 saturated carbocycles. The number of amides is 1. The van der Waals surface area contributed by atoms with E-state index in [1.54, 1.807) is 19.1 Å². The van der Waals surface area contributed by atoms with Crippen LogP contribution in [0.25, 0.3) is 10.8 Å². The highest BCUT2D eigenvalue weighted by Gasteiger charge is 2.18. The van der Waals surface area contributed by atoms with Crippen molar-refractivity contribution in [2.75, 3.05) is 0 Å². The number of hydrogen-bond donors (Lipinski definition) is 1. The number of ether oxygens (including phenoxy) is 1. The van der Waals surface area contributed by atoms with Crippen LogP contribution in [0.5, 0.6) is 0 Å². The number of rotatable bonds is 6. The van der Waals surface area contributed by atoms with Gasteiger partial charge >= 0.3 is 5.97 Å². The number of nitrogens with one attached hydrogen (secondary N) is 1. The van der Waals surface area contributed by atoms with E-state index in [4.69, 9.17) is 16.3 Å². The Balaban J connectivity index is 1.55. The Kier molecular flexibility index (Phi) is 6.09. The molecule has 0 bridgehead atoms. The van der Waals surface area contributed by atoms with Gasteiger partial charge in [0.2, 0.25) is 0 Å². The first-order valence-corrected chi connectivity index (χ1v) is 9.09. The molecule has 1 N–H and O–H groups in total. The Morgan fingerprint density at radius 3 is 2.48 bits per heavy atom. The van der Waals surface area contributed by atoms with Gasteiger partial charge in [0.1, 0.15) is 0 Å². The summed E-state index contributed by atoms with van der Waals surface area (Å²) in [6.07, 6.45) is -0.740. The minimum atomic E-state index is -0.861. The standard InChI is InChI=1S/C22H20ClNO3/c1-15(22(26)24-14-16-9-11-19(23)12-10-16)27-21(25)13-18-7-4-6-17-5-2-3-8-20(17)18/h2-12,15H,13-14H2,1H3,(H,24,26). The van der Waals surface area contributed by atoms with Crippen molar-refractivity contribution in [2.24, 2.45) is 0 Å². The normalized spacial score (nSPS) is 11.8. The third-order valence-corrected chi connectivity index (χ3v) is 4.52. The maximum atomic E-state index is 12.3. The SMILES string of the molecule is CC(OC(=O)Cc1cccc2ccccc12)C(=O)NCc1ccc(Cl)cc1. The summed E-state index contributed by atoms with van der Waals surface area (Å²) in [5.41, 5.74) is 1.80. The molecule has 3 rings (SSSR count). The van der Waals surface area contributed by atoms with E-state index < -0.39 is 12.1 Å². The largest absolute Gasteiger partial charge is 0.452 e. The topological polar surface area (TPSA) is 55.4 Å². The van der Waals surface area contributed by atoms with Gasteiger partial charge in [-0.05, 0) is 41.0 Å². The summed E-state index contributed by atoms with van der Waals surface area (Å²) in [5.74, 6) is -0.767. The number of esters is 1. The summed E-state index contributed by atoms with van der Waals surface area (Å²) < 4.78 is 5.30. The summed E-state index contributed by atoms with van der Waals surface area (Å²) in [7, 11) is 0. The Bertz CT molecular complexity index is 948. The Labute approximate surface area is 163 Å². The second-order valence-electron chi connectivity index (χ2n) is 6.29. The smallest absolute Gasteiger partial charge is 0.311 e. The van der Waals surface area contributed by atoms with Crippen LogP contribution in [0.1, 0.15) is 18.1 Å². The highest BCUT2D eigenvalue weighted by molar-refractivity contribution is 6.30. The summed E-state index contributed by atoms with van der Waals surface area (Å²) in [6, 6.07) is 20.9. The third-order valence-electron chi connectivity index (χ3n) is 4.27. The predicted octanol–water partition coefficient (Wildman–Crippen LogP) is 4.28. The minimum Gasteiger partial charge on any atom is -0.452 e. The minimum absolute atomic E-state index is 0.121. The summed E-state index contributed by atoms with van der Waals surface area (Å²) in [6.45, 7) is 1.92.